The Labute approximate surface area is 159 Å². The predicted molar refractivity (Wildman–Crippen MR) is 105 cm³/mol. The van der Waals surface area contributed by atoms with Crippen LogP contribution in [0.15, 0.2) is 29.3 Å². The van der Waals surface area contributed by atoms with Gasteiger partial charge in [-0.25, -0.2) is 13.4 Å². The third-order valence-electron chi connectivity index (χ3n) is 4.30. The highest BCUT2D eigenvalue weighted by molar-refractivity contribution is 8.06. The summed E-state index contributed by atoms with van der Waals surface area (Å²) in [6.07, 6.45) is 0.532. The Bertz CT molecular complexity index is 837. The molecule has 0 aliphatic carbocycles. The molecular weight excluding hydrogens is 368 g/mol. The molecule has 3 N–H and O–H groups in total. The molecule has 148 valence electrons. The molecule has 8 nitrogen and oxygen atoms in total. The number of amides is 1. The second-order valence-corrected chi connectivity index (χ2v) is 9.51. The van der Waals surface area contributed by atoms with Gasteiger partial charge in [0.25, 0.3) is 0 Å². The Hall–Kier alpha value is -2.42. The highest BCUT2D eigenvalue weighted by Crippen LogP contribution is 2.31. The largest absolute Gasteiger partial charge is 0.493 e. The van der Waals surface area contributed by atoms with E-state index >= 15 is 0 Å². The van der Waals surface area contributed by atoms with E-state index in [1.54, 1.807) is 0 Å². The summed E-state index contributed by atoms with van der Waals surface area (Å²) >= 11 is 0. The van der Waals surface area contributed by atoms with Crippen LogP contribution in [0.1, 0.15) is 26.3 Å². The highest BCUT2D eigenvalue weighted by Gasteiger charge is 2.34. The third kappa shape index (κ3) is 5.29. The van der Waals surface area contributed by atoms with E-state index in [0.29, 0.717) is 26.0 Å². The van der Waals surface area contributed by atoms with Crippen molar-refractivity contribution in [3.8, 4) is 5.75 Å². The molecule has 1 aromatic carbocycles. The fraction of sp³-hybridized carbons (Fsp3) is 0.500. The van der Waals surface area contributed by atoms with Gasteiger partial charge in [-0.05, 0) is 17.0 Å². The molecule has 1 saturated heterocycles. The maximum atomic E-state index is 12.1. The van der Waals surface area contributed by atoms with Crippen LogP contribution >= 0.6 is 0 Å². The number of carbonyl (C=O) groups is 1. The Balaban J connectivity index is 1.86. The van der Waals surface area contributed by atoms with Crippen molar-refractivity contribution in [2.24, 2.45) is 16.6 Å². The molecule has 2 rings (SSSR count). The van der Waals surface area contributed by atoms with Gasteiger partial charge in [0.2, 0.25) is 20.9 Å². The summed E-state index contributed by atoms with van der Waals surface area (Å²) in [5, 5.41) is 6.04. The number of hydrogen-bond donors (Lipinski definition) is 2. The van der Waals surface area contributed by atoms with E-state index in [0.717, 1.165) is 11.3 Å². The summed E-state index contributed by atoms with van der Waals surface area (Å²) in [4.78, 5) is 16.8. The summed E-state index contributed by atoms with van der Waals surface area (Å²) in [7, 11) is -3.98. The van der Waals surface area contributed by atoms with Gasteiger partial charge in [-0.2, -0.15) is 0 Å². The number of aliphatic imine (C=N–C) groups is 1. The molecule has 1 fully saturated rings. The highest BCUT2D eigenvalue weighted by atomic mass is 32.2. The first kappa shape index (κ1) is 20.9. The number of ether oxygens (including phenoxy) is 1. The number of sulfone groups is 1. The van der Waals surface area contributed by atoms with Crippen LogP contribution in [0.3, 0.4) is 0 Å². The van der Waals surface area contributed by atoms with Crippen molar-refractivity contribution in [2.75, 3.05) is 25.4 Å². The Morgan fingerprint density at radius 3 is 2.59 bits per heavy atom. The predicted octanol–water partition coefficient (Wildman–Crippen LogP) is 1.16. The van der Waals surface area contributed by atoms with Crippen molar-refractivity contribution in [3.63, 3.8) is 0 Å². The third-order valence-corrected chi connectivity index (χ3v) is 5.67. The van der Waals surface area contributed by atoms with E-state index in [4.69, 9.17) is 15.9 Å². The summed E-state index contributed by atoms with van der Waals surface area (Å²) in [5.41, 5.74) is 6.36. The molecule has 0 aromatic heterocycles. The van der Waals surface area contributed by atoms with Crippen LogP contribution in [-0.2, 0) is 20.0 Å². The number of rotatable bonds is 6. The number of para-hydroxylation sites is 1. The number of nitrogens with zero attached hydrogens (tertiary/aromatic N) is 2. The zero-order chi connectivity index (χ0) is 20.2. The molecule has 1 aliphatic rings. The quantitative estimate of drug-likeness (QED) is 0.553. The average Bonchev–Trinajstić information content (AvgIpc) is 2.52. The lowest BCUT2D eigenvalue weighted by atomic mass is 9.86. The van der Waals surface area contributed by atoms with Crippen LogP contribution in [0.5, 0.6) is 5.75 Å². The minimum atomic E-state index is -3.98. The number of amidine groups is 1. The summed E-state index contributed by atoms with van der Waals surface area (Å²) in [6.45, 7) is 7.69. The Morgan fingerprint density at radius 1 is 1.37 bits per heavy atom. The lowest BCUT2D eigenvalue weighted by Crippen LogP contribution is -2.54. The molecule has 1 aromatic rings. The molecule has 1 heterocycles. The van der Waals surface area contributed by atoms with Gasteiger partial charge < -0.3 is 15.4 Å². The van der Waals surface area contributed by atoms with E-state index in [-0.39, 0.29) is 11.3 Å². The fourth-order valence-electron chi connectivity index (χ4n) is 2.77. The molecular formula is C18H26N4O4S. The molecule has 0 unspecified atom stereocenters. The minimum absolute atomic E-state index is 0.0372. The van der Waals surface area contributed by atoms with Gasteiger partial charge >= 0.3 is 0 Å². The number of benzene rings is 1. The first-order valence-corrected chi connectivity index (χ1v) is 10.2. The Morgan fingerprint density at radius 2 is 2.00 bits per heavy atom. The number of nitrogens with one attached hydrogen (secondary N) is 1. The first-order valence-electron chi connectivity index (χ1n) is 8.59. The normalized spacial score (nSPS) is 16.0. The van der Waals surface area contributed by atoms with Crippen molar-refractivity contribution in [1.82, 2.24) is 4.90 Å². The standard InChI is InChI=1S/C18H26N4O4S/c1-18(2,3)14-6-4-5-7-15(14)26-10-13-8-22(9-13)16(23)11-27(24,25)17(20)21-12-19/h4-7,12-13H,8-11H2,1-3H3,(H3,19,20,21). The van der Waals surface area contributed by atoms with E-state index in [1.165, 1.54) is 4.90 Å². The van der Waals surface area contributed by atoms with E-state index < -0.39 is 26.7 Å². The van der Waals surface area contributed by atoms with Gasteiger partial charge in [-0.3, -0.25) is 10.2 Å². The topological polar surface area (TPSA) is 126 Å². The van der Waals surface area contributed by atoms with Crippen LogP contribution in [0.4, 0.5) is 0 Å². The molecule has 1 aliphatic heterocycles. The second kappa shape index (κ2) is 8.08. The fourth-order valence-corrected chi connectivity index (χ4v) is 3.64. The van der Waals surface area contributed by atoms with Crippen LogP contribution in [0.2, 0.25) is 0 Å². The van der Waals surface area contributed by atoms with Crippen molar-refractivity contribution in [1.29, 1.82) is 5.41 Å². The number of likely N-dealkylation sites (tertiary alicyclic amines) is 1. The van der Waals surface area contributed by atoms with E-state index in [9.17, 15) is 13.2 Å². The smallest absolute Gasteiger partial charge is 0.238 e. The van der Waals surface area contributed by atoms with Gasteiger partial charge in [-0.15, -0.1) is 0 Å². The SMILES string of the molecule is CC(C)(C)c1ccccc1OCC1CN(C(=O)CS(=O)(=O)C(N)=NC=N)C1. The van der Waals surface area contributed by atoms with Crippen molar-refractivity contribution in [2.45, 2.75) is 26.2 Å². The van der Waals surface area contributed by atoms with Gasteiger partial charge in [0.15, 0.2) is 0 Å². The lowest BCUT2D eigenvalue weighted by molar-refractivity contribution is -0.135. The summed E-state index contributed by atoms with van der Waals surface area (Å²) in [6, 6.07) is 7.87. The van der Waals surface area contributed by atoms with E-state index in [1.807, 2.05) is 24.3 Å². The molecule has 0 saturated carbocycles. The van der Waals surface area contributed by atoms with Gasteiger partial charge in [0.1, 0.15) is 17.8 Å². The second-order valence-electron chi connectivity index (χ2n) is 7.58. The van der Waals surface area contributed by atoms with Crippen molar-refractivity contribution >= 4 is 27.3 Å². The van der Waals surface area contributed by atoms with Crippen LogP contribution in [-0.4, -0.2) is 56.2 Å². The molecule has 0 atom stereocenters. The molecule has 27 heavy (non-hydrogen) atoms. The van der Waals surface area contributed by atoms with Gasteiger partial charge in [-0.1, -0.05) is 39.0 Å². The summed E-state index contributed by atoms with van der Waals surface area (Å²) in [5.74, 6) is -0.286. The number of carbonyl (C=O) groups excluding carboxylic acids is 1. The maximum Gasteiger partial charge on any atom is 0.238 e. The molecule has 0 bridgehead atoms. The number of nitrogens with two attached hydrogens (primary N) is 1. The number of hydrogen-bond acceptors (Lipinski definition) is 5. The summed E-state index contributed by atoms with van der Waals surface area (Å²) < 4.78 is 29.7. The van der Waals surface area contributed by atoms with Crippen LogP contribution in [0, 0.1) is 11.3 Å². The van der Waals surface area contributed by atoms with Crippen LogP contribution < -0.4 is 10.5 Å². The molecule has 1 amide bonds. The van der Waals surface area contributed by atoms with Crippen molar-refractivity contribution in [3.05, 3.63) is 29.8 Å². The van der Waals surface area contributed by atoms with Gasteiger partial charge in [0.05, 0.1) is 6.61 Å². The molecule has 9 heteroatoms. The van der Waals surface area contributed by atoms with Gasteiger partial charge in [0, 0.05) is 19.0 Å². The molecule has 0 spiro atoms. The van der Waals surface area contributed by atoms with Crippen molar-refractivity contribution < 1.29 is 17.9 Å². The molecule has 0 radical (unpaired) electrons. The Kier molecular flexibility index (Phi) is 6.25. The maximum absolute atomic E-state index is 12.1. The zero-order valence-electron chi connectivity index (χ0n) is 15.8. The first-order chi connectivity index (χ1) is 12.5. The zero-order valence-corrected chi connectivity index (χ0v) is 16.6. The average molecular weight is 394 g/mol. The van der Waals surface area contributed by atoms with Crippen LogP contribution in [0.25, 0.3) is 0 Å². The van der Waals surface area contributed by atoms with E-state index in [2.05, 4.69) is 25.8 Å². The lowest BCUT2D eigenvalue weighted by Gasteiger charge is -2.39. The minimum Gasteiger partial charge on any atom is -0.493 e. The monoisotopic (exact) mass is 394 g/mol.